The predicted octanol–water partition coefficient (Wildman–Crippen LogP) is 12.2. The Morgan fingerprint density at radius 3 is 1.91 bits per heavy atom. The third kappa shape index (κ3) is 4.90. The molecule has 2 aliphatic rings. The van der Waals surface area contributed by atoms with Crippen molar-refractivity contribution in [3.05, 3.63) is 182 Å². The molecular formula is C49H31N3O2. The lowest BCUT2D eigenvalue weighted by molar-refractivity contribution is 0.269. The zero-order valence-electron chi connectivity index (χ0n) is 29.1. The first-order valence-electron chi connectivity index (χ1n) is 18.3. The molecule has 9 aromatic rings. The second kappa shape index (κ2) is 12.2. The van der Waals surface area contributed by atoms with Gasteiger partial charge in [0.05, 0.1) is 0 Å². The molecule has 54 heavy (non-hydrogen) atoms. The average Bonchev–Trinajstić information content (AvgIpc) is 3.82. The van der Waals surface area contributed by atoms with Crippen molar-refractivity contribution < 1.29 is 9.15 Å². The summed E-state index contributed by atoms with van der Waals surface area (Å²) in [5.41, 5.74) is 10.0. The van der Waals surface area contributed by atoms with Crippen LogP contribution in [0.4, 0.5) is 0 Å². The fourth-order valence-corrected chi connectivity index (χ4v) is 8.18. The van der Waals surface area contributed by atoms with Crippen LogP contribution < -0.4 is 4.74 Å². The van der Waals surface area contributed by atoms with E-state index in [0.29, 0.717) is 17.5 Å². The summed E-state index contributed by atoms with van der Waals surface area (Å²) < 4.78 is 13.4. The predicted molar refractivity (Wildman–Crippen MR) is 217 cm³/mol. The Labute approximate surface area is 311 Å². The van der Waals surface area contributed by atoms with Crippen molar-refractivity contribution in [1.29, 1.82) is 0 Å². The monoisotopic (exact) mass is 693 g/mol. The minimum Gasteiger partial charge on any atom is -0.485 e. The Bertz CT molecular complexity index is 2960. The van der Waals surface area contributed by atoms with Crippen LogP contribution in [0, 0.1) is 0 Å². The fourth-order valence-electron chi connectivity index (χ4n) is 8.18. The van der Waals surface area contributed by atoms with Crippen molar-refractivity contribution in [1.82, 2.24) is 15.0 Å². The Morgan fingerprint density at radius 1 is 0.481 bits per heavy atom. The maximum absolute atomic E-state index is 6.89. The number of hydrogen-bond acceptors (Lipinski definition) is 5. The summed E-state index contributed by atoms with van der Waals surface area (Å²) in [5, 5.41) is 4.28. The molecule has 254 valence electrons. The van der Waals surface area contributed by atoms with Crippen molar-refractivity contribution in [2.24, 2.45) is 0 Å². The number of aromatic nitrogens is 3. The van der Waals surface area contributed by atoms with Gasteiger partial charge >= 0.3 is 0 Å². The molecule has 0 radical (unpaired) electrons. The van der Waals surface area contributed by atoms with Crippen molar-refractivity contribution in [2.45, 2.75) is 12.0 Å². The number of hydrogen-bond donors (Lipinski definition) is 0. The Kier molecular flexibility index (Phi) is 6.92. The van der Waals surface area contributed by atoms with E-state index in [0.717, 1.165) is 72.0 Å². The van der Waals surface area contributed by atoms with E-state index in [9.17, 15) is 0 Å². The molecule has 1 aliphatic carbocycles. The highest BCUT2D eigenvalue weighted by molar-refractivity contribution is 6.17. The third-order valence-electron chi connectivity index (χ3n) is 10.7. The van der Waals surface area contributed by atoms with Gasteiger partial charge in [-0.2, -0.15) is 0 Å². The lowest BCUT2D eigenvalue weighted by Crippen LogP contribution is -2.15. The van der Waals surface area contributed by atoms with E-state index in [1.165, 1.54) is 10.9 Å². The van der Waals surface area contributed by atoms with Gasteiger partial charge in [0.2, 0.25) is 0 Å². The number of ether oxygens (including phenoxy) is 1. The molecule has 2 unspecified atom stereocenters. The summed E-state index contributed by atoms with van der Waals surface area (Å²) >= 11 is 0. The number of nitrogens with zero attached hydrogens (tertiary/aromatic N) is 3. The molecule has 2 atom stereocenters. The number of para-hydroxylation sites is 1. The van der Waals surface area contributed by atoms with Gasteiger partial charge in [0.1, 0.15) is 23.0 Å². The van der Waals surface area contributed by atoms with Gasteiger partial charge in [-0.3, -0.25) is 0 Å². The van der Waals surface area contributed by atoms with Crippen LogP contribution in [-0.2, 0) is 0 Å². The fraction of sp³-hybridized carbons (Fsp3) is 0.0408. The SMILES string of the molecule is C1=CC2Oc3cc4ccccc4c(-c4cccc5c4oc4cccc(-c6nc(-c7ccccc7)nc(-c7ccc(-c8ccccc8)cc7)n6)c45)c3C2C=C1. The molecule has 1 aliphatic heterocycles. The molecule has 11 rings (SSSR count). The summed E-state index contributed by atoms with van der Waals surface area (Å²) in [4.78, 5) is 15.3. The maximum atomic E-state index is 6.89. The average molecular weight is 694 g/mol. The molecule has 5 nitrogen and oxygen atoms in total. The number of rotatable bonds is 5. The van der Waals surface area contributed by atoms with Gasteiger partial charge in [0.15, 0.2) is 17.5 Å². The van der Waals surface area contributed by atoms with E-state index in [1.54, 1.807) is 0 Å². The van der Waals surface area contributed by atoms with E-state index in [2.05, 4.69) is 127 Å². The first-order valence-corrected chi connectivity index (χ1v) is 18.3. The van der Waals surface area contributed by atoms with Gasteiger partial charge in [-0.1, -0.05) is 158 Å². The molecule has 0 saturated heterocycles. The van der Waals surface area contributed by atoms with Crippen LogP contribution in [0.1, 0.15) is 11.5 Å². The third-order valence-corrected chi connectivity index (χ3v) is 10.7. The maximum Gasteiger partial charge on any atom is 0.164 e. The van der Waals surface area contributed by atoms with Crippen LogP contribution in [0.3, 0.4) is 0 Å². The molecule has 0 bridgehead atoms. The molecule has 0 N–H and O–H groups in total. The van der Waals surface area contributed by atoms with Crippen LogP contribution in [0.2, 0.25) is 0 Å². The number of benzene rings is 7. The standard InChI is InChI=1S/C49H31N3O2/c1-3-13-30(14-4-1)31-25-27-33(28-26-31)48-50-47(32-15-5-2-6-16-32)51-49(52-48)39-22-12-24-41-43(39)37-20-11-21-38(46(37)54-41)44-35-18-8-7-17-34(35)29-42-45(44)36-19-9-10-23-40(36)53-42/h1-29,36,40H. The van der Waals surface area contributed by atoms with Crippen molar-refractivity contribution in [3.63, 3.8) is 0 Å². The molecule has 2 aromatic heterocycles. The Balaban J connectivity index is 1.12. The molecule has 0 spiro atoms. The normalized spacial score (nSPS) is 15.8. The van der Waals surface area contributed by atoms with Gasteiger partial charge in [0.25, 0.3) is 0 Å². The first-order chi connectivity index (χ1) is 26.8. The van der Waals surface area contributed by atoms with E-state index < -0.39 is 0 Å². The summed E-state index contributed by atoms with van der Waals surface area (Å²) in [7, 11) is 0. The van der Waals surface area contributed by atoms with Crippen molar-refractivity contribution >= 4 is 32.7 Å². The lowest BCUT2D eigenvalue weighted by atomic mass is 9.83. The number of fused-ring (bicyclic) bond motifs is 7. The molecule has 7 aromatic carbocycles. The molecular weight excluding hydrogens is 663 g/mol. The van der Waals surface area contributed by atoms with E-state index in [-0.39, 0.29) is 12.0 Å². The minimum atomic E-state index is -0.0339. The van der Waals surface area contributed by atoms with Gasteiger partial charge in [0, 0.05) is 50.1 Å². The molecule has 5 heteroatoms. The first kappa shape index (κ1) is 30.5. The quantitative estimate of drug-likeness (QED) is 0.180. The minimum absolute atomic E-state index is 0.0339. The summed E-state index contributed by atoms with van der Waals surface area (Å²) in [6.07, 6.45) is 8.56. The number of allylic oxidation sites excluding steroid dienone is 2. The Hall–Kier alpha value is -7.11. The molecule has 3 heterocycles. The van der Waals surface area contributed by atoms with E-state index in [4.69, 9.17) is 24.1 Å². The lowest BCUT2D eigenvalue weighted by Gasteiger charge is -2.17. The van der Waals surface area contributed by atoms with Gasteiger partial charge in [-0.15, -0.1) is 0 Å². The second-order valence-electron chi connectivity index (χ2n) is 13.8. The Morgan fingerprint density at radius 2 is 1.09 bits per heavy atom. The van der Waals surface area contributed by atoms with Gasteiger partial charge in [-0.25, -0.2) is 15.0 Å². The second-order valence-corrected chi connectivity index (χ2v) is 13.8. The largest absolute Gasteiger partial charge is 0.485 e. The highest BCUT2D eigenvalue weighted by Gasteiger charge is 2.36. The molecule has 0 amide bonds. The molecule has 0 saturated carbocycles. The summed E-state index contributed by atoms with van der Waals surface area (Å²) in [6, 6.07) is 52.2. The van der Waals surface area contributed by atoms with Crippen molar-refractivity contribution in [2.75, 3.05) is 0 Å². The molecule has 0 fully saturated rings. The summed E-state index contributed by atoms with van der Waals surface area (Å²) in [5.74, 6) is 2.85. The van der Waals surface area contributed by atoms with Crippen LogP contribution in [0.25, 0.3) is 89.1 Å². The van der Waals surface area contributed by atoms with Crippen LogP contribution in [0.5, 0.6) is 5.75 Å². The van der Waals surface area contributed by atoms with E-state index >= 15 is 0 Å². The highest BCUT2D eigenvalue weighted by atomic mass is 16.5. The zero-order chi connectivity index (χ0) is 35.6. The van der Waals surface area contributed by atoms with Crippen molar-refractivity contribution in [3.8, 4) is 62.2 Å². The topological polar surface area (TPSA) is 61.0 Å². The summed E-state index contributed by atoms with van der Waals surface area (Å²) in [6.45, 7) is 0. The van der Waals surface area contributed by atoms with Crippen LogP contribution in [0.15, 0.2) is 180 Å². The zero-order valence-corrected chi connectivity index (χ0v) is 29.1. The van der Waals surface area contributed by atoms with E-state index in [1.807, 2.05) is 48.5 Å². The van der Waals surface area contributed by atoms with Gasteiger partial charge in [-0.05, 0) is 40.1 Å². The smallest absolute Gasteiger partial charge is 0.164 e. The van der Waals surface area contributed by atoms with Gasteiger partial charge < -0.3 is 9.15 Å². The van der Waals surface area contributed by atoms with Crippen LogP contribution in [-0.4, -0.2) is 21.1 Å². The highest BCUT2D eigenvalue weighted by Crippen LogP contribution is 2.51. The van der Waals surface area contributed by atoms with Crippen LogP contribution >= 0.6 is 0 Å². The number of furan rings is 1.